The predicted octanol–water partition coefficient (Wildman–Crippen LogP) is 4.50. The monoisotopic (exact) mass is 392 g/mol. The molecular weight excluding hydrogens is 364 g/mol. The summed E-state index contributed by atoms with van der Waals surface area (Å²) in [6.07, 6.45) is 5.13. The first kappa shape index (κ1) is 21.3. The number of benzene rings is 2. The van der Waals surface area contributed by atoms with Crippen LogP contribution in [-0.2, 0) is 32.2 Å². The quantitative estimate of drug-likeness (QED) is 0.465. The second-order valence-corrected chi connectivity index (χ2v) is 7.02. The fraction of sp³-hybridized carbons (Fsp3) is 0.360. The molecule has 1 heterocycles. The summed E-state index contributed by atoms with van der Waals surface area (Å²) in [7, 11) is 1.62. The van der Waals surface area contributed by atoms with Crippen LogP contribution in [0.25, 0.3) is 0 Å². The summed E-state index contributed by atoms with van der Waals surface area (Å²) in [5.41, 5.74) is 2.99. The van der Waals surface area contributed by atoms with Crippen molar-refractivity contribution >= 4 is 0 Å². The topological polar surface area (TPSA) is 36.9 Å². The first-order valence-electron chi connectivity index (χ1n) is 9.84. The number of rotatable bonds is 9. The normalized spacial score (nSPS) is 24.2. The van der Waals surface area contributed by atoms with Gasteiger partial charge in [0.2, 0.25) is 0 Å². The van der Waals surface area contributed by atoms with Crippen molar-refractivity contribution in [3.8, 4) is 12.3 Å². The van der Waals surface area contributed by atoms with Gasteiger partial charge >= 0.3 is 0 Å². The Hall–Kier alpha value is -2.42. The third-order valence-corrected chi connectivity index (χ3v) is 4.98. The Balaban J connectivity index is 1.76. The predicted molar refractivity (Wildman–Crippen MR) is 113 cm³/mol. The average molecular weight is 392 g/mol. The van der Waals surface area contributed by atoms with Gasteiger partial charge in [-0.3, -0.25) is 0 Å². The summed E-state index contributed by atoms with van der Waals surface area (Å²) in [5.74, 6) is 2.66. The molecule has 0 aromatic heterocycles. The molecular formula is C25H28O4. The van der Waals surface area contributed by atoms with Gasteiger partial charge in [-0.05, 0) is 23.1 Å². The highest BCUT2D eigenvalue weighted by Crippen LogP contribution is 2.32. The van der Waals surface area contributed by atoms with E-state index in [9.17, 15) is 0 Å². The molecule has 152 valence electrons. The van der Waals surface area contributed by atoms with Gasteiger partial charge in [-0.1, -0.05) is 67.2 Å². The Labute approximate surface area is 173 Å². The van der Waals surface area contributed by atoms with E-state index < -0.39 is 12.4 Å². The van der Waals surface area contributed by atoms with Crippen LogP contribution in [0.2, 0.25) is 0 Å². The number of hydrogen-bond donors (Lipinski definition) is 0. The van der Waals surface area contributed by atoms with Gasteiger partial charge in [0.25, 0.3) is 0 Å². The number of hydrogen-bond acceptors (Lipinski definition) is 4. The molecule has 0 N–H and O–H groups in total. The molecule has 1 fully saturated rings. The second kappa shape index (κ2) is 10.9. The zero-order valence-corrected chi connectivity index (χ0v) is 16.8. The van der Waals surface area contributed by atoms with Crippen LogP contribution in [0.3, 0.4) is 0 Å². The van der Waals surface area contributed by atoms with Crippen LogP contribution in [-0.4, -0.2) is 31.7 Å². The van der Waals surface area contributed by atoms with Gasteiger partial charge in [0.1, 0.15) is 12.2 Å². The summed E-state index contributed by atoms with van der Waals surface area (Å²) >= 11 is 0. The molecule has 0 amide bonds. The van der Waals surface area contributed by atoms with Crippen LogP contribution < -0.4 is 0 Å². The molecule has 1 aliphatic heterocycles. The molecule has 2 aromatic carbocycles. The molecule has 0 radical (unpaired) electrons. The van der Waals surface area contributed by atoms with Crippen molar-refractivity contribution in [3.63, 3.8) is 0 Å². The third kappa shape index (κ3) is 5.79. The van der Waals surface area contributed by atoms with Gasteiger partial charge in [0.15, 0.2) is 6.29 Å². The Morgan fingerprint density at radius 1 is 0.966 bits per heavy atom. The SMILES string of the molecule is C#CCC[C@H]1O[C@H](OC)[C@H](OCc2ccccc2)[C@@H](OCc2ccccc2)C1=C. The maximum absolute atomic E-state index is 6.29. The summed E-state index contributed by atoms with van der Waals surface area (Å²) in [5, 5.41) is 0. The van der Waals surface area contributed by atoms with Crippen LogP contribution in [0, 0.1) is 12.3 Å². The van der Waals surface area contributed by atoms with E-state index in [0.717, 1.165) is 16.7 Å². The van der Waals surface area contributed by atoms with E-state index in [1.165, 1.54) is 0 Å². The Kier molecular flexibility index (Phi) is 8.03. The average Bonchev–Trinajstić information content (AvgIpc) is 2.77. The maximum Gasteiger partial charge on any atom is 0.186 e. The van der Waals surface area contributed by atoms with E-state index in [0.29, 0.717) is 26.1 Å². The molecule has 4 heteroatoms. The van der Waals surface area contributed by atoms with Crippen LogP contribution in [0.4, 0.5) is 0 Å². The first-order chi connectivity index (χ1) is 14.2. The molecule has 1 aliphatic rings. The standard InChI is InChI=1S/C25H28O4/c1-4-5-16-22-19(2)23(27-17-20-12-8-6-9-13-20)24(25(26-3)29-22)28-18-21-14-10-7-11-15-21/h1,6-15,22-25H,2,5,16-18H2,3H3/t22-,23+,24-,25+/m1/s1. The van der Waals surface area contributed by atoms with E-state index in [1.54, 1.807) is 7.11 Å². The Bertz CT molecular complexity index is 797. The lowest BCUT2D eigenvalue weighted by molar-refractivity contribution is -0.260. The molecule has 2 aromatic rings. The zero-order valence-electron chi connectivity index (χ0n) is 16.8. The van der Waals surface area contributed by atoms with E-state index >= 15 is 0 Å². The van der Waals surface area contributed by atoms with E-state index in [4.69, 9.17) is 25.4 Å². The van der Waals surface area contributed by atoms with E-state index in [1.807, 2.05) is 60.7 Å². The Morgan fingerprint density at radius 3 is 2.10 bits per heavy atom. The third-order valence-electron chi connectivity index (χ3n) is 4.98. The highest BCUT2D eigenvalue weighted by atomic mass is 16.7. The Morgan fingerprint density at radius 2 is 1.55 bits per heavy atom. The molecule has 0 bridgehead atoms. The van der Waals surface area contributed by atoms with Crippen molar-refractivity contribution in [2.75, 3.05) is 7.11 Å². The lowest BCUT2D eigenvalue weighted by Gasteiger charge is -2.42. The molecule has 0 aliphatic carbocycles. The van der Waals surface area contributed by atoms with E-state index in [-0.39, 0.29) is 12.2 Å². The summed E-state index contributed by atoms with van der Waals surface area (Å²) < 4.78 is 24.2. The number of methoxy groups -OCH3 is 1. The number of terminal acetylenes is 1. The largest absolute Gasteiger partial charge is 0.366 e. The first-order valence-corrected chi connectivity index (χ1v) is 9.84. The summed E-state index contributed by atoms with van der Waals surface area (Å²) in [6.45, 7) is 5.15. The molecule has 3 rings (SSSR count). The van der Waals surface area contributed by atoms with Crippen LogP contribution in [0.1, 0.15) is 24.0 Å². The molecule has 4 atom stereocenters. The van der Waals surface area contributed by atoms with Crippen molar-refractivity contribution in [1.29, 1.82) is 0 Å². The molecule has 0 saturated carbocycles. The van der Waals surface area contributed by atoms with Crippen molar-refractivity contribution in [1.82, 2.24) is 0 Å². The van der Waals surface area contributed by atoms with Crippen LogP contribution >= 0.6 is 0 Å². The fourth-order valence-electron chi connectivity index (χ4n) is 3.42. The maximum atomic E-state index is 6.29. The van der Waals surface area contributed by atoms with Gasteiger partial charge in [-0.15, -0.1) is 12.3 Å². The molecule has 1 saturated heterocycles. The smallest absolute Gasteiger partial charge is 0.186 e. The molecule has 0 unspecified atom stereocenters. The lowest BCUT2D eigenvalue weighted by atomic mass is 9.93. The summed E-state index contributed by atoms with van der Waals surface area (Å²) in [4.78, 5) is 0. The lowest BCUT2D eigenvalue weighted by Crippen LogP contribution is -2.52. The molecule has 4 nitrogen and oxygen atoms in total. The minimum Gasteiger partial charge on any atom is -0.366 e. The fourth-order valence-corrected chi connectivity index (χ4v) is 3.42. The molecule has 0 spiro atoms. The van der Waals surface area contributed by atoms with Crippen LogP contribution in [0.15, 0.2) is 72.8 Å². The van der Waals surface area contributed by atoms with Crippen molar-refractivity contribution < 1.29 is 18.9 Å². The van der Waals surface area contributed by atoms with Gasteiger partial charge in [-0.25, -0.2) is 0 Å². The zero-order chi connectivity index (χ0) is 20.5. The minimum atomic E-state index is -0.562. The van der Waals surface area contributed by atoms with Crippen LogP contribution in [0.5, 0.6) is 0 Å². The molecule has 29 heavy (non-hydrogen) atoms. The highest BCUT2D eigenvalue weighted by Gasteiger charge is 2.43. The summed E-state index contributed by atoms with van der Waals surface area (Å²) in [6, 6.07) is 20.0. The van der Waals surface area contributed by atoms with Gasteiger partial charge in [0, 0.05) is 13.5 Å². The van der Waals surface area contributed by atoms with Gasteiger partial charge in [-0.2, -0.15) is 0 Å². The number of ether oxygens (including phenoxy) is 4. The minimum absolute atomic E-state index is 0.228. The van der Waals surface area contributed by atoms with Crippen molar-refractivity contribution in [3.05, 3.63) is 83.9 Å². The van der Waals surface area contributed by atoms with Crippen molar-refractivity contribution in [2.45, 2.75) is 50.7 Å². The van der Waals surface area contributed by atoms with Gasteiger partial charge < -0.3 is 18.9 Å². The second-order valence-electron chi connectivity index (χ2n) is 7.02. The van der Waals surface area contributed by atoms with E-state index in [2.05, 4.69) is 12.5 Å². The van der Waals surface area contributed by atoms with Crippen molar-refractivity contribution in [2.24, 2.45) is 0 Å². The highest BCUT2D eigenvalue weighted by molar-refractivity contribution is 5.19. The van der Waals surface area contributed by atoms with Gasteiger partial charge in [0.05, 0.1) is 19.3 Å².